The fraction of sp³-hybridized carbons (Fsp3) is 0.231. The third-order valence-electron chi connectivity index (χ3n) is 6.01. The number of hydrogen-bond donors (Lipinski definition) is 2. The van der Waals surface area contributed by atoms with Crippen molar-refractivity contribution in [2.45, 2.75) is 10.8 Å². The third-order valence-corrected chi connectivity index (χ3v) is 7.45. The Hall–Kier alpha value is -3.56. The van der Waals surface area contributed by atoms with Gasteiger partial charge in [-0.1, -0.05) is 30.3 Å². The number of methoxy groups -OCH3 is 2. The average Bonchev–Trinajstić information content (AvgIpc) is 3.28. The van der Waals surface area contributed by atoms with Crippen molar-refractivity contribution in [3.63, 3.8) is 0 Å². The highest BCUT2D eigenvalue weighted by molar-refractivity contribution is 7.89. The van der Waals surface area contributed by atoms with E-state index in [0.29, 0.717) is 0 Å². The fourth-order valence-corrected chi connectivity index (χ4v) is 5.23. The molecule has 1 atom stereocenters. The Balaban J connectivity index is 1.71. The van der Waals surface area contributed by atoms with Crippen LogP contribution < -0.4 is 19.1 Å². The summed E-state index contributed by atoms with van der Waals surface area (Å²) in [5.74, 6) is -1.00. The molecule has 0 aliphatic rings. The molecule has 1 heterocycles. The summed E-state index contributed by atoms with van der Waals surface area (Å²) >= 11 is 0. The highest BCUT2D eigenvalue weighted by Crippen LogP contribution is 2.34. The number of aromatic nitrogens is 1. The maximum absolute atomic E-state index is 14.7. The molecular formula is C26H28FN3O4S. The van der Waals surface area contributed by atoms with E-state index in [9.17, 15) is 12.8 Å². The second kappa shape index (κ2) is 9.97. The molecule has 0 spiro atoms. The lowest BCUT2D eigenvalue weighted by Crippen LogP contribution is -2.29. The number of para-hydroxylation sites is 1. The number of nitrogens with zero attached hydrogens (tertiary/aromatic N) is 1. The first-order valence-corrected chi connectivity index (χ1v) is 12.5. The van der Waals surface area contributed by atoms with Crippen LogP contribution in [0.1, 0.15) is 17.0 Å². The van der Waals surface area contributed by atoms with Crippen LogP contribution in [0.2, 0.25) is 0 Å². The molecule has 0 aliphatic carbocycles. The van der Waals surface area contributed by atoms with E-state index in [4.69, 9.17) is 9.47 Å². The molecule has 0 fully saturated rings. The van der Waals surface area contributed by atoms with E-state index in [-0.39, 0.29) is 24.0 Å². The number of benzene rings is 3. The van der Waals surface area contributed by atoms with Crippen molar-refractivity contribution in [1.82, 2.24) is 9.71 Å². The molecule has 7 nitrogen and oxygen atoms in total. The van der Waals surface area contributed by atoms with Gasteiger partial charge < -0.3 is 19.4 Å². The second-order valence-corrected chi connectivity index (χ2v) is 10.1. The Kier molecular flexibility index (Phi) is 7.00. The monoisotopic (exact) mass is 497 g/mol. The summed E-state index contributed by atoms with van der Waals surface area (Å²) in [6.07, 6.45) is 1.89. The molecule has 0 saturated carbocycles. The molecule has 0 saturated heterocycles. The molecule has 35 heavy (non-hydrogen) atoms. The Morgan fingerprint density at radius 3 is 2.31 bits per heavy atom. The molecule has 184 valence electrons. The molecule has 1 aromatic heterocycles. The first-order valence-electron chi connectivity index (χ1n) is 11.0. The predicted octanol–water partition coefficient (Wildman–Crippen LogP) is 4.50. The zero-order chi connectivity index (χ0) is 25.2. The van der Waals surface area contributed by atoms with Gasteiger partial charge in [-0.15, -0.1) is 0 Å². The molecule has 3 aromatic carbocycles. The molecule has 0 amide bonds. The van der Waals surface area contributed by atoms with Crippen molar-refractivity contribution in [3.8, 4) is 11.5 Å². The van der Waals surface area contributed by atoms with Crippen molar-refractivity contribution >= 4 is 26.6 Å². The number of sulfonamides is 1. The van der Waals surface area contributed by atoms with Crippen molar-refractivity contribution in [3.05, 3.63) is 83.8 Å². The molecule has 0 radical (unpaired) electrons. The first kappa shape index (κ1) is 24.6. The number of ether oxygens (including phenoxy) is 2. The predicted molar refractivity (Wildman–Crippen MR) is 136 cm³/mol. The quantitative estimate of drug-likeness (QED) is 0.356. The van der Waals surface area contributed by atoms with Crippen LogP contribution in [0, 0.1) is 5.82 Å². The SMILES string of the molecule is COc1cc(F)c(S(=O)(=O)NCC(c2ccc(N(C)C)cc2)c2c[nH]c3ccccc23)cc1OC. The summed E-state index contributed by atoms with van der Waals surface area (Å²) in [5.41, 5.74) is 3.84. The van der Waals surface area contributed by atoms with Gasteiger partial charge in [0.25, 0.3) is 0 Å². The van der Waals surface area contributed by atoms with Gasteiger partial charge in [0.2, 0.25) is 10.0 Å². The summed E-state index contributed by atoms with van der Waals surface area (Å²) in [4.78, 5) is 4.75. The minimum Gasteiger partial charge on any atom is -0.493 e. The second-order valence-electron chi connectivity index (χ2n) is 8.32. The molecule has 1 unspecified atom stereocenters. The minimum absolute atomic E-state index is 0.0271. The Bertz CT molecular complexity index is 1430. The van der Waals surface area contributed by atoms with Gasteiger partial charge in [-0.25, -0.2) is 17.5 Å². The van der Waals surface area contributed by atoms with Crippen LogP contribution in [0.15, 0.2) is 71.8 Å². The summed E-state index contributed by atoms with van der Waals surface area (Å²) in [6, 6.07) is 17.9. The van der Waals surface area contributed by atoms with Crippen molar-refractivity contribution in [2.24, 2.45) is 0 Å². The van der Waals surface area contributed by atoms with Crippen LogP contribution in [-0.4, -0.2) is 48.3 Å². The van der Waals surface area contributed by atoms with Crippen molar-refractivity contribution in [2.75, 3.05) is 39.8 Å². The van der Waals surface area contributed by atoms with Crippen molar-refractivity contribution in [1.29, 1.82) is 0 Å². The number of aromatic amines is 1. The normalized spacial score (nSPS) is 12.5. The number of nitrogens with one attached hydrogen (secondary N) is 2. The van der Waals surface area contributed by atoms with Crippen molar-refractivity contribution < 1.29 is 22.3 Å². The lowest BCUT2D eigenvalue weighted by Gasteiger charge is -2.20. The molecule has 2 N–H and O–H groups in total. The van der Waals surface area contributed by atoms with Gasteiger partial charge in [0.05, 0.1) is 14.2 Å². The van der Waals surface area contributed by atoms with Gasteiger partial charge in [-0.3, -0.25) is 0 Å². The third kappa shape index (κ3) is 4.96. The number of halogens is 1. The maximum Gasteiger partial charge on any atom is 0.243 e. The average molecular weight is 498 g/mol. The maximum atomic E-state index is 14.7. The van der Waals surface area contributed by atoms with Crippen LogP contribution >= 0.6 is 0 Å². The van der Waals surface area contributed by atoms with Crippen LogP contribution in [0.4, 0.5) is 10.1 Å². The van der Waals surface area contributed by atoms with Gasteiger partial charge in [-0.05, 0) is 29.3 Å². The highest BCUT2D eigenvalue weighted by Gasteiger charge is 2.26. The van der Waals surface area contributed by atoms with Gasteiger partial charge in [0.15, 0.2) is 11.5 Å². The van der Waals surface area contributed by atoms with E-state index in [0.717, 1.165) is 39.8 Å². The molecule has 4 aromatic rings. The zero-order valence-corrected chi connectivity index (χ0v) is 20.8. The molecular weight excluding hydrogens is 469 g/mol. The van der Waals surface area contributed by atoms with Gasteiger partial charge in [0, 0.05) is 61.5 Å². The highest BCUT2D eigenvalue weighted by atomic mass is 32.2. The topological polar surface area (TPSA) is 83.7 Å². The fourth-order valence-electron chi connectivity index (χ4n) is 4.11. The lowest BCUT2D eigenvalue weighted by atomic mass is 9.91. The number of hydrogen-bond acceptors (Lipinski definition) is 5. The smallest absolute Gasteiger partial charge is 0.243 e. The Morgan fingerprint density at radius 2 is 1.66 bits per heavy atom. The van der Waals surface area contributed by atoms with Crippen LogP contribution in [0.5, 0.6) is 11.5 Å². The number of fused-ring (bicyclic) bond motifs is 1. The van der Waals surface area contributed by atoms with Gasteiger partial charge in [0.1, 0.15) is 10.7 Å². The van der Waals surface area contributed by atoms with Crippen LogP contribution in [0.3, 0.4) is 0 Å². The summed E-state index contributed by atoms with van der Waals surface area (Å²) < 4.78 is 53.9. The van der Waals surface area contributed by atoms with E-state index in [1.807, 2.05) is 73.7 Å². The largest absolute Gasteiger partial charge is 0.493 e. The number of rotatable bonds is 9. The lowest BCUT2D eigenvalue weighted by molar-refractivity contribution is 0.350. The van der Waals surface area contributed by atoms with E-state index >= 15 is 0 Å². The van der Waals surface area contributed by atoms with Gasteiger partial charge in [-0.2, -0.15) is 0 Å². The molecule has 4 rings (SSSR count). The zero-order valence-electron chi connectivity index (χ0n) is 20.0. The van der Waals surface area contributed by atoms with Gasteiger partial charge >= 0.3 is 0 Å². The van der Waals surface area contributed by atoms with E-state index < -0.39 is 20.7 Å². The summed E-state index contributed by atoms with van der Waals surface area (Å²) in [7, 11) is 2.44. The standard InChI is InChI=1S/C26H28FN3O4S/c1-30(2)18-11-9-17(10-12-18)20(21-15-28-23-8-6-5-7-19(21)23)16-29-35(31,32)26-14-25(34-4)24(33-3)13-22(26)27/h5-15,20,28-29H,16H2,1-4H3. The summed E-state index contributed by atoms with van der Waals surface area (Å²) in [5, 5.41) is 0.991. The van der Waals surface area contributed by atoms with Crippen LogP contribution in [-0.2, 0) is 10.0 Å². The minimum atomic E-state index is -4.20. The van der Waals surface area contributed by atoms with E-state index in [1.54, 1.807) is 0 Å². The first-order chi connectivity index (χ1) is 16.7. The van der Waals surface area contributed by atoms with E-state index in [2.05, 4.69) is 9.71 Å². The number of anilines is 1. The van der Waals surface area contributed by atoms with E-state index in [1.165, 1.54) is 14.2 Å². The Morgan fingerprint density at radius 1 is 1.00 bits per heavy atom. The Labute approximate surface area is 204 Å². The molecule has 0 aliphatic heterocycles. The summed E-state index contributed by atoms with van der Waals surface area (Å²) in [6.45, 7) is 0.0271. The molecule has 0 bridgehead atoms. The van der Waals surface area contributed by atoms with Crippen LogP contribution in [0.25, 0.3) is 10.9 Å². The molecule has 9 heteroatoms. The number of H-pyrrole nitrogens is 1.